The fourth-order valence-corrected chi connectivity index (χ4v) is 3.58. The summed E-state index contributed by atoms with van der Waals surface area (Å²) in [4.78, 5) is 28.2. The van der Waals surface area contributed by atoms with Crippen LogP contribution in [0.3, 0.4) is 0 Å². The third-order valence-electron chi connectivity index (χ3n) is 4.85. The van der Waals surface area contributed by atoms with Gasteiger partial charge >= 0.3 is 0 Å². The second-order valence-electron chi connectivity index (χ2n) is 6.61. The number of nitrogens with zero attached hydrogens (tertiary/aromatic N) is 2. The Morgan fingerprint density at radius 3 is 2.33 bits per heavy atom. The van der Waals surface area contributed by atoms with E-state index in [2.05, 4.69) is 31.0 Å². The lowest BCUT2D eigenvalue weighted by atomic mass is 10.1. The highest BCUT2D eigenvalue weighted by Crippen LogP contribution is 2.19. The predicted octanol–water partition coefficient (Wildman–Crippen LogP) is 2.70. The van der Waals surface area contributed by atoms with Crippen LogP contribution in [-0.4, -0.2) is 48.9 Å². The minimum absolute atomic E-state index is 0.00707. The lowest BCUT2D eigenvalue weighted by molar-refractivity contribution is -0.120. The molecule has 0 aromatic heterocycles. The van der Waals surface area contributed by atoms with Gasteiger partial charge in [0.15, 0.2) is 0 Å². The molecule has 1 unspecified atom stereocenters. The molecule has 1 atom stereocenters. The van der Waals surface area contributed by atoms with E-state index < -0.39 is 5.91 Å². The molecule has 0 spiro atoms. The number of nitrogens with one attached hydrogen (secondary N) is 1. The highest BCUT2D eigenvalue weighted by Gasteiger charge is 2.25. The standard InChI is InChI=1S/C20H23BrN4O2/c1-14(20(27)23-17-4-2-3-16(21)13-17)24-9-11-25(12-10-24)18-7-5-15(6-8-18)19(22)26/h2-8,13-14H,9-12H2,1H3,(H2,22,26)(H,23,27). The molecule has 0 saturated carbocycles. The molecule has 2 aromatic rings. The normalized spacial score (nSPS) is 16.0. The van der Waals surface area contributed by atoms with E-state index in [1.54, 1.807) is 12.1 Å². The Balaban J connectivity index is 1.54. The van der Waals surface area contributed by atoms with Crippen LogP contribution in [0.15, 0.2) is 53.0 Å². The van der Waals surface area contributed by atoms with Crippen molar-refractivity contribution in [3.05, 3.63) is 58.6 Å². The van der Waals surface area contributed by atoms with Crippen molar-refractivity contribution in [2.75, 3.05) is 36.4 Å². The van der Waals surface area contributed by atoms with E-state index in [9.17, 15) is 9.59 Å². The first-order valence-corrected chi connectivity index (χ1v) is 9.68. The Labute approximate surface area is 167 Å². The number of hydrogen-bond acceptors (Lipinski definition) is 4. The number of benzene rings is 2. The zero-order valence-corrected chi connectivity index (χ0v) is 16.8. The van der Waals surface area contributed by atoms with Gasteiger partial charge in [-0.2, -0.15) is 0 Å². The molecule has 2 amide bonds. The Morgan fingerprint density at radius 1 is 1.07 bits per heavy atom. The van der Waals surface area contributed by atoms with E-state index in [1.165, 1.54) is 0 Å². The van der Waals surface area contributed by atoms with E-state index in [0.717, 1.165) is 42.0 Å². The Morgan fingerprint density at radius 2 is 1.74 bits per heavy atom. The summed E-state index contributed by atoms with van der Waals surface area (Å²) in [6.07, 6.45) is 0. The van der Waals surface area contributed by atoms with Gasteiger partial charge in [0, 0.05) is 47.6 Å². The number of hydrogen-bond donors (Lipinski definition) is 2. The molecule has 0 aliphatic carbocycles. The summed E-state index contributed by atoms with van der Waals surface area (Å²) in [6, 6.07) is 14.7. The number of amides is 2. The topological polar surface area (TPSA) is 78.7 Å². The molecular formula is C20H23BrN4O2. The smallest absolute Gasteiger partial charge is 0.248 e. The lowest BCUT2D eigenvalue weighted by Gasteiger charge is -2.38. The quantitative estimate of drug-likeness (QED) is 0.763. The maximum absolute atomic E-state index is 12.6. The molecule has 7 heteroatoms. The summed E-state index contributed by atoms with van der Waals surface area (Å²) in [6.45, 7) is 5.18. The summed E-state index contributed by atoms with van der Waals surface area (Å²) >= 11 is 3.41. The van der Waals surface area contributed by atoms with Gasteiger partial charge in [0.2, 0.25) is 11.8 Å². The fourth-order valence-electron chi connectivity index (χ4n) is 3.18. The second-order valence-corrected chi connectivity index (χ2v) is 7.53. The third-order valence-corrected chi connectivity index (χ3v) is 5.34. The van der Waals surface area contributed by atoms with Gasteiger partial charge in [-0.3, -0.25) is 14.5 Å². The molecule has 1 aliphatic heterocycles. The number of carbonyl (C=O) groups excluding carboxylic acids is 2. The average Bonchev–Trinajstić information content (AvgIpc) is 2.67. The van der Waals surface area contributed by atoms with Crippen molar-refractivity contribution in [2.45, 2.75) is 13.0 Å². The van der Waals surface area contributed by atoms with Gasteiger partial charge in [-0.25, -0.2) is 0 Å². The molecule has 1 heterocycles. The van der Waals surface area contributed by atoms with Crippen LogP contribution in [0.4, 0.5) is 11.4 Å². The second kappa shape index (κ2) is 8.54. The monoisotopic (exact) mass is 430 g/mol. The number of carbonyl (C=O) groups is 2. The molecule has 2 aromatic carbocycles. The number of rotatable bonds is 5. The molecule has 1 saturated heterocycles. The first kappa shape index (κ1) is 19.4. The van der Waals surface area contributed by atoms with E-state index in [4.69, 9.17) is 5.73 Å². The molecule has 6 nitrogen and oxygen atoms in total. The molecule has 1 fully saturated rings. The molecule has 0 bridgehead atoms. The highest BCUT2D eigenvalue weighted by atomic mass is 79.9. The lowest BCUT2D eigenvalue weighted by Crippen LogP contribution is -2.52. The van der Waals surface area contributed by atoms with Gasteiger partial charge in [0.25, 0.3) is 0 Å². The van der Waals surface area contributed by atoms with Crippen molar-refractivity contribution in [3.8, 4) is 0 Å². The van der Waals surface area contributed by atoms with Crippen LogP contribution in [0.5, 0.6) is 0 Å². The molecule has 3 rings (SSSR count). The van der Waals surface area contributed by atoms with Gasteiger partial charge < -0.3 is 16.0 Å². The summed E-state index contributed by atoms with van der Waals surface area (Å²) in [5.74, 6) is -0.427. The van der Waals surface area contributed by atoms with Gasteiger partial charge in [-0.1, -0.05) is 22.0 Å². The fraction of sp³-hybridized carbons (Fsp3) is 0.300. The molecule has 27 heavy (non-hydrogen) atoms. The molecular weight excluding hydrogens is 408 g/mol. The summed E-state index contributed by atoms with van der Waals surface area (Å²) in [7, 11) is 0. The number of halogens is 1. The van der Waals surface area contributed by atoms with Crippen molar-refractivity contribution < 1.29 is 9.59 Å². The van der Waals surface area contributed by atoms with Crippen molar-refractivity contribution >= 4 is 39.1 Å². The molecule has 3 N–H and O–H groups in total. The van der Waals surface area contributed by atoms with Crippen LogP contribution < -0.4 is 16.0 Å². The van der Waals surface area contributed by atoms with Crippen LogP contribution in [0, 0.1) is 0 Å². The number of nitrogens with two attached hydrogens (primary N) is 1. The summed E-state index contributed by atoms with van der Waals surface area (Å²) in [5.41, 5.74) is 7.64. The summed E-state index contributed by atoms with van der Waals surface area (Å²) < 4.78 is 0.934. The van der Waals surface area contributed by atoms with Gasteiger partial charge in [0.1, 0.15) is 0 Å². The molecule has 0 radical (unpaired) electrons. The van der Waals surface area contributed by atoms with Crippen molar-refractivity contribution in [1.82, 2.24) is 4.90 Å². The highest BCUT2D eigenvalue weighted by molar-refractivity contribution is 9.10. The van der Waals surface area contributed by atoms with E-state index in [-0.39, 0.29) is 11.9 Å². The summed E-state index contributed by atoms with van der Waals surface area (Å²) in [5, 5.41) is 2.97. The van der Waals surface area contributed by atoms with Gasteiger partial charge in [-0.15, -0.1) is 0 Å². The van der Waals surface area contributed by atoms with Crippen LogP contribution in [0.2, 0.25) is 0 Å². The SMILES string of the molecule is CC(C(=O)Nc1cccc(Br)c1)N1CCN(c2ccc(C(N)=O)cc2)CC1. The van der Waals surface area contributed by atoms with E-state index in [0.29, 0.717) is 5.56 Å². The largest absolute Gasteiger partial charge is 0.369 e. The number of primary amides is 1. The van der Waals surface area contributed by atoms with Crippen LogP contribution >= 0.6 is 15.9 Å². The first-order valence-electron chi connectivity index (χ1n) is 8.89. The van der Waals surface area contributed by atoms with Crippen molar-refractivity contribution in [1.29, 1.82) is 0 Å². The minimum Gasteiger partial charge on any atom is -0.369 e. The number of anilines is 2. The Kier molecular flexibility index (Phi) is 6.13. The Bertz CT molecular complexity index is 817. The van der Waals surface area contributed by atoms with Crippen molar-refractivity contribution in [2.24, 2.45) is 5.73 Å². The van der Waals surface area contributed by atoms with Crippen molar-refractivity contribution in [3.63, 3.8) is 0 Å². The molecule has 1 aliphatic rings. The van der Waals surface area contributed by atoms with E-state index in [1.807, 2.05) is 43.3 Å². The van der Waals surface area contributed by atoms with Crippen LogP contribution in [0.25, 0.3) is 0 Å². The molecule has 142 valence electrons. The first-order chi connectivity index (χ1) is 12.9. The average molecular weight is 431 g/mol. The van der Waals surface area contributed by atoms with E-state index >= 15 is 0 Å². The number of piperazine rings is 1. The maximum atomic E-state index is 12.6. The zero-order valence-electron chi connectivity index (χ0n) is 15.2. The van der Waals surface area contributed by atoms with Gasteiger partial charge in [0.05, 0.1) is 6.04 Å². The Hall–Kier alpha value is -2.38. The van der Waals surface area contributed by atoms with Gasteiger partial charge in [-0.05, 0) is 49.4 Å². The van der Waals surface area contributed by atoms with Crippen LogP contribution in [-0.2, 0) is 4.79 Å². The minimum atomic E-state index is -0.420. The maximum Gasteiger partial charge on any atom is 0.248 e. The van der Waals surface area contributed by atoms with Crippen LogP contribution in [0.1, 0.15) is 17.3 Å². The third kappa shape index (κ3) is 4.87. The zero-order chi connectivity index (χ0) is 19.4. The predicted molar refractivity (Wildman–Crippen MR) is 111 cm³/mol.